The number of rotatable bonds is 4. The lowest BCUT2D eigenvalue weighted by molar-refractivity contribution is -0.274. The molecule has 1 aliphatic carbocycles. The number of nitrogens with one attached hydrogen (secondary N) is 1. The Balaban J connectivity index is 2.04. The van der Waals surface area contributed by atoms with Gasteiger partial charge in [0.05, 0.1) is 0 Å². The van der Waals surface area contributed by atoms with Crippen molar-refractivity contribution in [1.29, 1.82) is 0 Å². The van der Waals surface area contributed by atoms with Gasteiger partial charge in [-0.25, -0.2) is 0 Å². The summed E-state index contributed by atoms with van der Waals surface area (Å²) in [6.07, 6.45) is -1.99. The summed E-state index contributed by atoms with van der Waals surface area (Å²) in [5, 5.41) is 2.83. The van der Waals surface area contributed by atoms with E-state index >= 15 is 0 Å². The summed E-state index contributed by atoms with van der Waals surface area (Å²) in [5.74, 6) is -0.589. The topological polar surface area (TPSA) is 64.3 Å². The third-order valence-electron chi connectivity index (χ3n) is 3.61. The average Bonchev–Trinajstić information content (AvgIpc) is 2.84. The van der Waals surface area contributed by atoms with Gasteiger partial charge in [0.2, 0.25) is 0 Å². The molecule has 1 amide bonds. The fraction of sp³-hybridized carbons (Fsp3) is 0.500. The van der Waals surface area contributed by atoms with Crippen LogP contribution in [0.5, 0.6) is 5.75 Å². The zero-order valence-electron chi connectivity index (χ0n) is 11.3. The lowest BCUT2D eigenvalue weighted by Gasteiger charge is -2.19. The Kier molecular flexibility index (Phi) is 4.72. The van der Waals surface area contributed by atoms with E-state index in [-0.39, 0.29) is 17.5 Å². The molecule has 0 bridgehead atoms. The molecule has 0 heterocycles. The van der Waals surface area contributed by atoms with Crippen molar-refractivity contribution in [3.8, 4) is 5.75 Å². The van der Waals surface area contributed by atoms with Crippen LogP contribution in [0, 0.1) is 5.92 Å². The van der Waals surface area contributed by atoms with Gasteiger partial charge >= 0.3 is 6.36 Å². The Labute approximate surface area is 120 Å². The molecule has 1 aromatic carbocycles. The summed E-state index contributed by atoms with van der Waals surface area (Å²) in [6, 6.07) is 5.02. The zero-order chi connectivity index (χ0) is 15.5. The monoisotopic (exact) mass is 302 g/mol. The van der Waals surface area contributed by atoms with Crippen LogP contribution in [0.15, 0.2) is 24.3 Å². The standard InChI is InChI=1S/C14H17F3N2O2/c15-14(16,17)21-11-5-1-3-9(7-11)13(20)19-12-6-2-4-10(12)8-18/h1,3,5,7,10,12H,2,4,6,8,18H2,(H,19,20). The first-order valence-electron chi connectivity index (χ1n) is 6.76. The predicted octanol–water partition coefficient (Wildman–Crippen LogP) is 2.44. The van der Waals surface area contributed by atoms with E-state index < -0.39 is 18.0 Å². The van der Waals surface area contributed by atoms with Gasteiger partial charge < -0.3 is 15.8 Å². The number of halogens is 3. The van der Waals surface area contributed by atoms with Crippen molar-refractivity contribution in [3.05, 3.63) is 29.8 Å². The number of alkyl halides is 3. The summed E-state index contributed by atoms with van der Waals surface area (Å²) >= 11 is 0. The summed E-state index contributed by atoms with van der Waals surface area (Å²) < 4.78 is 40.3. The normalized spacial score (nSPS) is 22.1. The van der Waals surface area contributed by atoms with E-state index in [1.54, 1.807) is 0 Å². The fourth-order valence-corrected chi connectivity index (χ4v) is 2.60. The van der Waals surface area contributed by atoms with E-state index in [0.29, 0.717) is 6.54 Å². The van der Waals surface area contributed by atoms with Gasteiger partial charge in [0.15, 0.2) is 0 Å². The van der Waals surface area contributed by atoms with Crippen molar-refractivity contribution in [3.63, 3.8) is 0 Å². The van der Waals surface area contributed by atoms with Gasteiger partial charge in [0, 0.05) is 11.6 Å². The molecular formula is C14H17F3N2O2. The quantitative estimate of drug-likeness (QED) is 0.898. The van der Waals surface area contributed by atoms with Crippen LogP contribution >= 0.6 is 0 Å². The fourth-order valence-electron chi connectivity index (χ4n) is 2.60. The van der Waals surface area contributed by atoms with Crippen LogP contribution in [0.25, 0.3) is 0 Å². The largest absolute Gasteiger partial charge is 0.573 e. The molecule has 2 atom stereocenters. The van der Waals surface area contributed by atoms with Crippen molar-refractivity contribution in [2.45, 2.75) is 31.7 Å². The summed E-state index contributed by atoms with van der Waals surface area (Å²) in [5.41, 5.74) is 5.77. The minimum Gasteiger partial charge on any atom is -0.406 e. The SMILES string of the molecule is NCC1CCCC1NC(=O)c1cccc(OC(F)(F)F)c1. The van der Waals surface area contributed by atoms with Crippen molar-refractivity contribution >= 4 is 5.91 Å². The zero-order valence-corrected chi connectivity index (χ0v) is 11.3. The molecule has 1 aromatic rings. The van der Waals surface area contributed by atoms with Crippen LogP contribution in [0.1, 0.15) is 29.6 Å². The molecular weight excluding hydrogens is 285 g/mol. The second-order valence-corrected chi connectivity index (χ2v) is 5.08. The van der Waals surface area contributed by atoms with Crippen LogP contribution < -0.4 is 15.8 Å². The molecule has 2 rings (SSSR count). The Morgan fingerprint density at radius 2 is 2.14 bits per heavy atom. The molecule has 0 saturated heterocycles. The third kappa shape index (κ3) is 4.35. The lowest BCUT2D eigenvalue weighted by Crippen LogP contribution is -2.39. The molecule has 0 aliphatic heterocycles. The van der Waals surface area contributed by atoms with Crippen LogP contribution in [0.3, 0.4) is 0 Å². The lowest BCUT2D eigenvalue weighted by atomic mass is 10.0. The number of hydrogen-bond acceptors (Lipinski definition) is 3. The molecule has 0 aromatic heterocycles. The van der Waals surface area contributed by atoms with Gasteiger partial charge in [-0.3, -0.25) is 4.79 Å². The van der Waals surface area contributed by atoms with E-state index in [1.807, 2.05) is 0 Å². The molecule has 21 heavy (non-hydrogen) atoms. The van der Waals surface area contributed by atoms with E-state index in [9.17, 15) is 18.0 Å². The summed E-state index contributed by atoms with van der Waals surface area (Å²) in [4.78, 5) is 12.1. The maximum absolute atomic E-state index is 12.2. The second-order valence-electron chi connectivity index (χ2n) is 5.08. The van der Waals surface area contributed by atoms with Crippen LogP contribution in [0.4, 0.5) is 13.2 Å². The molecule has 2 unspecified atom stereocenters. The van der Waals surface area contributed by atoms with Crippen molar-refractivity contribution in [2.75, 3.05) is 6.54 Å². The Bertz CT molecular complexity index is 505. The number of carbonyl (C=O) groups excluding carboxylic acids is 1. The molecule has 116 valence electrons. The number of nitrogens with two attached hydrogens (primary N) is 1. The molecule has 7 heteroatoms. The molecule has 1 saturated carbocycles. The average molecular weight is 302 g/mol. The summed E-state index contributed by atoms with van der Waals surface area (Å²) in [6.45, 7) is 0.488. The highest BCUT2D eigenvalue weighted by molar-refractivity contribution is 5.94. The van der Waals surface area contributed by atoms with E-state index in [0.717, 1.165) is 31.4 Å². The van der Waals surface area contributed by atoms with E-state index in [1.165, 1.54) is 12.1 Å². The van der Waals surface area contributed by atoms with E-state index in [2.05, 4.69) is 10.1 Å². The first-order chi connectivity index (χ1) is 9.89. The molecule has 3 N–H and O–H groups in total. The molecule has 1 fully saturated rings. The highest BCUT2D eigenvalue weighted by atomic mass is 19.4. The number of ether oxygens (including phenoxy) is 1. The van der Waals surface area contributed by atoms with Crippen LogP contribution in [-0.4, -0.2) is 24.9 Å². The van der Waals surface area contributed by atoms with Crippen LogP contribution in [0.2, 0.25) is 0 Å². The third-order valence-corrected chi connectivity index (χ3v) is 3.61. The molecule has 1 aliphatic rings. The van der Waals surface area contributed by atoms with Gasteiger partial charge in [0.25, 0.3) is 5.91 Å². The highest BCUT2D eigenvalue weighted by Gasteiger charge is 2.31. The summed E-state index contributed by atoms with van der Waals surface area (Å²) in [7, 11) is 0. The number of hydrogen-bond donors (Lipinski definition) is 2. The van der Waals surface area contributed by atoms with Crippen molar-refractivity contribution in [1.82, 2.24) is 5.32 Å². The number of amides is 1. The predicted molar refractivity (Wildman–Crippen MR) is 70.8 cm³/mol. The maximum atomic E-state index is 12.2. The minimum atomic E-state index is -4.77. The number of benzene rings is 1. The van der Waals surface area contributed by atoms with Gasteiger partial charge in [-0.1, -0.05) is 12.5 Å². The Morgan fingerprint density at radius 3 is 2.81 bits per heavy atom. The van der Waals surface area contributed by atoms with E-state index in [4.69, 9.17) is 5.73 Å². The maximum Gasteiger partial charge on any atom is 0.573 e. The Morgan fingerprint density at radius 1 is 1.38 bits per heavy atom. The number of carbonyl (C=O) groups is 1. The minimum absolute atomic E-state index is 0.0188. The molecule has 0 spiro atoms. The Hall–Kier alpha value is -1.76. The molecule has 0 radical (unpaired) electrons. The van der Waals surface area contributed by atoms with Crippen molar-refractivity contribution in [2.24, 2.45) is 11.7 Å². The van der Waals surface area contributed by atoms with Gasteiger partial charge in [-0.15, -0.1) is 13.2 Å². The van der Waals surface area contributed by atoms with Crippen molar-refractivity contribution < 1.29 is 22.7 Å². The van der Waals surface area contributed by atoms with Gasteiger partial charge in [0.1, 0.15) is 5.75 Å². The van der Waals surface area contributed by atoms with Gasteiger partial charge in [-0.2, -0.15) is 0 Å². The van der Waals surface area contributed by atoms with Crippen LogP contribution in [-0.2, 0) is 0 Å². The second kappa shape index (κ2) is 6.34. The highest BCUT2D eigenvalue weighted by Crippen LogP contribution is 2.26. The van der Waals surface area contributed by atoms with Gasteiger partial charge in [-0.05, 0) is 43.5 Å². The first-order valence-corrected chi connectivity index (χ1v) is 6.76. The molecule has 4 nitrogen and oxygen atoms in total. The smallest absolute Gasteiger partial charge is 0.406 e. The first kappa shape index (κ1) is 15.6.